The first kappa shape index (κ1) is 19.1. The number of nitrogens with one attached hydrogen (secondary N) is 1. The molecule has 0 unspecified atom stereocenters. The fraction of sp³-hybridized carbons (Fsp3) is 0.842. The molecular weight excluding hydrogens is 274 g/mol. The predicted octanol–water partition coefficient (Wildman–Crippen LogP) is 5.45. The Labute approximate surface area is 136 Å². The molecule has 0 aliphatic heterocycles. The van der Waals surface area contributed by atoms with Crippen LogP contribution in [0.2, 0.25) is 0 Å². The maximum atomic E-state index is 12.0. The molecule has 1 N–H and O–H groups in total. The Morgan fingerprint density at radius 2 is 1.86 bits per heavy atom. The first-order chi connectivity index (χ1) is 10.3. The van der Waals surface area contributed by atoms with Gasteiger partial charge in [0.2, 0.25) is 0 Å². The fourth-order valence-electron chi connectivity index (χ4n) is 2.94. The van der Waals surface area contributed by atoms with Crippen LogP contribution in [-0.2, 0) is 4.74 Å². The standard InChI is InChI=1S/C19H35NO2/c1-15(2)10-9-13-17(14-16-11-7-6-8-12-16)20-18(21)22-19(3,4)5/h9,13,15-17H,6-8,10-12,14H2,1-5H3,(H,20,21)/b13-9-/t17-/m1/s1. The maximum Gasteiger partial charge on any atom is 0.408 e. The van der Waals surface area contributed by atoms with E-state index in [9.17, 15) is 4.79 Å². The number of ether oxygens (including phenoxy) is 1. The highest BCUT2D eigenvalue weighted by atomic mass is 16.6. The number of carbonyl (C=O) groups is 1. The Morgan fingerprint density at radius 1 is 1.23 bits per heavy atom. The number of allylic oxidation sites excluding steroid dienone is 1. The van der Waals surface area contributed by atoms with Gasteiger partial charge in [0, 0.05) is 0 Å². The van der Waals surface area contributed by atoms with E-state index in [0.29, 0.717) is 5.92 Å². The minimum absolute atomic E-state index is 0.0942. The van der Waals surface area contributed by atoms with Crippen molar-refractivity contribution < 1.29 is 9.53 Å². The fourth-order valence-corrected chi connectivity index (χ4v) is 2.94. The van der Waals surface area contributed by atoms with Crippen LogP contribution in [0.5, 0.6) is 0 Å². The summed E-state index contributed by atoms with van der Waals surface area (Å²) < 4.78 is 5.40. The van der Waals surface area contributed by atoms with Crippen molar-refractivity contribution in [1.82, 2.24) is 5.32 Å². The Balaban J connectivity index is 2.56. The van der Waals surface area contributed by atoms with E-state index in [1.54, 1.807) is 0 Å². The molecule has 1 aliphatic rings. The molecule has 0 aromatic rings. The molecule has 1 amide bonds. The topological polar surface area (TPSA) is 38.3 Å². The molecule has 1 fully saturated rings. The van der Waals surface area contributed by atoms with Gasteiger partial charge < -0.3 is 10.1 Å². The normalized spacial score (nSPS) is 18.6. The zero-order chi connectivity index (χ0) is 16.6. The summed E-state index contributed by atoms with van der Waals surface area (Å²) in [6.07, 6.45) is 12.8. The van der Waals surface area contributed by atoms with E-state index >= 15 is 0 Å². The molecule has 0 bridgehead atoms. The van der Waals surface area contributed by atoms with Gasteiger partial charge in [-0.25, -0.2) is 4.79 Å². The molecule has 0 aromatic carbocycles. The molecule has 1 saturated carbocycles. The molecule has 0 saturated heterocycles. The zero-order valence-electron chi connectivity index (χ0n) is 15.2. The van der Waals surface area contributed by atoms with Crippen molar-refractivity contribution >= 4 is 6.09 Å². The molecule has 1 atom stereocenters. The molecular formula is C19H35NO2. The second-order valence-electron chi connectivity index (χ2n) is 8.05. The summed E-state index contributed by atoms with van der Waals surface area (Å²) in [5.41, 5.74) is -0.443. The minimum atomic E-state index is -0.443. The SMILES string of the molecule is CC(C)C/C=C\[C@H](CC1CCCCC1)NC(=O)OC(C)(C)C. The summed E-state index contributed by atoms with van der Waals surface area (Å²) in [5, 5.41) is 3.05. The zero-order valence-corrected chi connectivity index (χ0v) is 15.2. The van der Waals surface area contributed by atoms with Gasteiger partial charge in [-0.15, -0.1) is 0 Å². The second-order valence-corrected chi connectivity index (χ2v) is 8.05. The highest BCUT2D eigenvalue weighted by molar-refractivity contribution is 5.68. The molecule has 0 aromatic heterocycles. The molecule has 1 aliphatic carbocycles. The lowest BCUT2D eigenvalue weighted by atomic mass is 9.84. The van der Waals surface area contributed by atoms with Gasteiger partial charge in [0.15, 0.2) is 0 Å². The van der Waals surface area contributed by atoms with Crippen molar-refractivity contribution in [2.24, 2.45) is 11.8 Å². The smallest absolute Gasteiger partial charge is 0.408 e. The summed E-state index contributed by atoms with van der Waals surface area (Å²) in [5.74, 6) is 1.38. The van der Waals surface area contributed by atoms with E-state index < -0.39 is 5.60 Å². The van der Waals surface area contributed by atoms with Gasteiger partial charge >= 0.3 is 6.09 Å². The third-order valence-corrected chi connectivity index (χ3v) is 3.99. The van der Waals surface area contributed by atoms with Crippen molar-refractivity contribution in [2.75, 3.05) is 0 Å². The first-order valence-electron chi connectivity index (χ1n) is 8.92. The Kier molecular flexibility index (Phi) is 7.98. The van der Waals surface area contributed by atoms with E-state index in [1.165, 1.54) is 32.1 Å². The lowest BCUT2D eigenvalue weighted by Crippen LogP contribution is -2.39. The van der Waals surface area contributed by atoms with Gasteiger partial charge in [-0.2, -0.15) is 0 Å². The average Bonchev–Trinajstić information content (AvgIpc) is 2.36. The number of rotatable bonds is 6. The van der Waals surface area contributed by atoms with Crippen LogP contribution >= 0.6 is 0 Å². The van der Waals surface area contributed by atoms with Crippen LogP contribution in [0, 0.1) is 11.8 Å². The quantitative estimate of drug-likeness (QED) is 0.662. The molecule has 1 rings (SSSR count). The Bertz CT molecular complexity index is 349. The summed E-state index contributed by atoms with van der Waals surface area (Å²) in [6.45, 7) is 10.1. The molecule has 128 valence electrons. The van der Waals surface area contributed by atoms with Gasteiger partial charge in [-0.1, -0.05) is 58.1 Å². The van der Waals surface area contributed by atoms with Crippen molar-refractivity contribution in [3.05, 3.63) is 12.2 Å². The molecule has 22 heavy (non-hydrogen) atoms. The lowest BCUT2D eigenvalue weighted by Gasteiger charge is -2.27. The van der Waals surface area contributed by atoms with Crippen molar-refractivity contribution in [1.29, 1.82) is 0 Å². The number of hydrogen-bond acceptors (Lipinski definition) is 2. The predicted molar refractivity (Wildman–Crippen MR) is 92.9 cm³/mol. The molecule has 0 heterocycles. The van der Waals surface area contributed by atoms with Crippen molar-refractivity contribution in [2.45, 2.75) is 91.2 Å². The Hall–Kier alpha value is -0.990. The second kappa shape index (κ2) is 9.22. The maximum absolute atomic E-state index is 12.0. The molecule has 3 nitrogen and oxygen atoms in total. The number of carbonyl (C=O) groups excluding carboxylic acids is 1. The van der Waals surface area contributed by atoms with Crippen molar-refractivity contribution in [3.8, 4) is 0 Å². The van der Waals surface area contributed by atoms with Crippen LogP contribution in [0.15, 0.2) is 12.2 Å². The monoisotopic (exact) mass is 309 g/mol. The third-order valence-electron chi connectivity index (χ3n) is 3.99. The van der Waals surface area contributed by atoms with Crippen LogP contribution < -0.4 is 5.32 Å². The minimum Gasteiger partial charge on any atom is -0.444 e. The summed E-state index contributed by atoms with van der Waals surface area (Å²) >= 11 is 0. The van der Waals surface area contributed by atoms with Crippen LogP contribution in [0.3, 0.4) is 0 Å². The van der Waals surface area contributed by atoms with Gasteiger partial charge in [-0.3, -0.25) is 0 Å². The molecule has 0 radical (unpaired) electrons. The van der Waals surface area contributed by atoms with Crippen LogP contribution in [0.25, 0.3) is 0 Å². The highest BCUT2D eigenvalue weighted by Gasteiger charge is 2.21. The van der Waals surface area contributed by atoms with E-state index in [-0.39, 0.29) is 12.1 Å². The van der Waals surface area contributed by atoms with Gasteiger partial charge in [0.05, 0.1) is 6.04 Å². The van der Waals surface area contributed by atoms with E-state index in [1.807, 2.05) is 20.8 Å². The van der Waals surface area contributed by atoms with E-state index in [4.69, 9.17) is 4.74 Å². The van der Waals surface area contributed by atoms with Gasteiger partial charge in [-0.05, 0) is 45.4 Å². The molecule has 3 heteroatoms. The summed E-state index contributed by atoms with van der Waals surface area (Å²) in [4.78, 5) is 12.0. The van der Waals surface area contributed by atoms with Crippen molar-refractivity contribution in [3.63, 3.8) is 0 Å². The van der Waals surface area contributed by atoms with Gasteiger partial charge in [0.25, 0.3) is 0 Å². The third kappa shape index (κ3) is 9.11. The molecule has 0 spiro atoms. The van der Waals surface area contributed by atoms with Crippen LogP contribution in [0.4, 0.5) is 4.79 Å². The highest BCUT2D eigenvalue weighted by Crippen LogP contribution is 2.27. The number of alkyl carbamates (subject to hydrolysis) is 1. The summed E-state index contributed by atoms with van der Waals surface area (Å²) in [6, 6.07) is 0.0942. The lowest BCUT2D eigenvalue weighted by molar-refractivity contribution is 0.0507. The van der Waals surface area contributed by atoms with E-state index in [0.717, 1.165) is 18.8 Å². The first-order valence-corrected chi connectivity index (χ1v) is 8.92. The van der Waals surface area contributed by atoms with Crippen LogP contribution in [-0.4, -0.2) is 17.7 Å². The number of amides is 1. The van der Waals surface area contributed by atoms with E-state index in [2.05, 4.69) is 31.3 Å². The average molecular weight is 309 g/mol. The summed E-state index contributed by atoms with van der Waals surface area (Å²) in [7, 11) is 0. The Morgan fingerprint density at radius 3 is 2.41 bits per heavy atom. The van der Waals surface area contributed by atoms with Crippen LogP contribution in [0.1, 0.15) is 79.6 Å². The van der Waals surface area contributed by atoms with Gasteiger partial charge in [0.1, 0.15) is 5.60 Å². The number of hydrogen-bond donors (Lipinski definition) is 1. The largest absolute Gasteiger partial charge is 0.444 e.